The van der Waals surface area contributed by atoms with E-state index in [1.54, 1.807) is 25.2 Å². The molecule has 0 aromatic carbocycles. The normalized spacial score (nSPS) is 9.94. The van der Waals surface area contributed by atoms with Gasteiger partial charge in [0.25, 0.3) is 0 Å². The van der Waals surface area contributed by atoms with Crippen LogP contribution in [0, 0.1) is 6.92 Å². The third kappa shape index (κ3) is 3.42. The highest BCUT2D eigenvalue weighted by molar-refractivity contribution is 5.76. The van der Waals surface area contributed by atoms with E-state index in [4.69, 9.17) is 5.73 Å². The topological polar surface area (TPSA) is 71.2 Å². The molecule has 5 heteroatoms. The van der Waals surface area contributed by atoms with E-state index in [1.165, 1.54) is 0 Å². The van der Waals surface area contributed by atoms with Crippen molar-refractivity contribution in [2.24, 2.45) is 0 Å². The van der Waals surface area contributed by atoms with E-state index >= 15 is 0 Å². The highest BCUT2D eigenvalue weighted by atomic mass is 16.2. The standard InChI is InChI=1S/C11H18N4O/c1-8-6-10(14-7-9(8)12)13-5-4-11(16)15(2)3/h6-7H,4-5,12H2,1-3H3,(H,13,14). The molecule has 3 N–H and O–H groups in total. The second kappa shape index (κ2) is 5.34. The monoisotopic (exact) mass is 222 g/mol. The summed E-state index contributed by atoms with van der Waals surface area (Å²) in [7, 11) is 3.49. The van der Waals surface area contributed by atoms with E-state index in [0.29, 0.717) is 18.7 Å². The summed E-state index contributed by atoms with van der Waals surface area (Å²) < 4.78 is 0. The molecule has 88 valence electrons. The van der Waals surface area contributed by atoms with E-state index < -0.39 is 0 Å². The number of nitrogens with zero attached hydrogens (tertiary/aromatic N) is 2. The van der Waals surface area contributed by atoms with Gasteiger partial charge in [-0.25, -0.2) is 4.98 Å². The lowest BCUT2D eigenvalue weighted by molar-refractivity contribution is -0.128. The van der Waals surface area contributed by atoms with Crippen LogP contribution in [0.5, 0.6) is 0 Å². The summed E-state index contributed by atoms with van der Waals surface area (Å²) >= 11 is 0. The van der Waals surface area contributed by atoms with Crippen molar-refractivity contribution in [3.63, 3.8) is 0 Å². The number of carbonyl (C=O) groups is 1. The van der Waals surface area contributed by atoms with Crippen molar-refractivity contribution in [3.05, 3.63) is 17.8 Å². The number of nitrogens with two attached hydrogens (primary N) is 1. The molecular weight excluding hydrogens is 204 g/mol. The second-order valence-electron chi connectivity index (χ2n) is 3.89. The summed E-state index contributed by atoms with van der Waals surface area (Å²) in [4.78, 5) is 17.0. The van der Waals surface area contributed by atoms with Gasteiger partial charge in [0.1, 0.15) is 5.82 Å². The molecule has 5 nitrogen and oxygen atoms in total. The van der Waals surface area contributed by atoms with E-state index in [1.807, 2.05) is 13.0 Å². The zero-order valence-corrected chi connectivity index (χ0v) is 9.95. The number of carbonyl (C=O) groups excluding carboxylic acids is 1. The summed E-state index contributed by atoms with van der Waals surface area (Å²) in [5.74, 6) is 0.845. The van der Waals surface area contributed by atoms with Gasteiger partial charge >= 0.3 is 0 Å². The summed E-state index contributed by atoms with van der Waals surface area (Å²) in [6, 6.07) is 1.87. The molecule has 1 aromatic heterocycles. The molecule has 0 atom stereocenters. The molecule has 1 aromatic rings. The first kappa shape index (κ1) is 12.3. The summed E-state index contributed by atoms with van der Waals surface area (Å²) in [6.07, 6.45) is 2.07. The summed E-state index contributed by atoms with van der Waals surface area (Å²) in [6.45, 7) is 2.50. The Morgan fingerprint density at radius 3 is 2.81 bits per heavy atom. The van der Waals surface area contributed by atoms with Crippen LogP contribution in [0.3, 0.4) is 0 Å². The van der Waals surface area contributed by atoms with Crippen LogP contribution < -0.4 is 11.1 Å². The first-order valence-corrected chi connectivity index (χ1v) is 5.17. The van der Waals surface area contributed by atoms with Crippen LogP contribution in [0.2, 0.25) is 0 Å². The molecule has 0 bridgehead atoms. The molecule has 0 spiro atoms. The number of hydrogen-bond donors (Lipinski definition) is 2. The largest absolute Gasteiger partial charge is 0.397 e. The van der Waals surface area contributed by atoms with Crippen molar-refractivity contribution in [2.75, 3.05) is 31.7 Å². The zero-order chi connectivity index (χ0) is 12.1. The maximum Gasteiger partial charge on any atom is 0.223 e. The van der Waals surface area contributed by atoms with Crippen LogP contribution in [0.25, 0.3) is 0 Å². The van der Waals surface area contributed by atoms with E-state index in [9.17, 15) is 4.79 Å². The molecule has 0 aliphatic carbocycles. The summed E-state index contributed by atoms with van der Waals surface area (Å²) in [5, 5.41) is 3.08. The van der Waals surface area contributed by atoms with Crippen LogP contribution >= 0.6 is 0 Å². The molecule has 0 saturated carbocycles. The molecule has 0 unspecified atom stereocenters. The lowest BCUT2D eigenvalue weighted by atomic mass is 10.2. The van der Waals surface area contributed by atoms with Crippen molar-refractivity contribution in [3.8, 4) is 0 Å². The highest BCUT2D eigenvalue weighted by Gasteiger charge is 2.03. The quantitative estimate of drug-likeness (QED) is 0.792. The molecular formula is C11H18N4O. The molecule has 1 rings (SSSR count). The van der Waals surface area contributed by atoms with Crippen molar-refractivity contribution in [1.29, 1.82) is 0 Å². The third-order valence-electron chi connectivity index (χ3n) is 2.30. The Hall–Kier alpha value is -1.78. The Kier molecular flexibility index (Phi) is 4.10. The van der Waals surface area contributed by atoms with Gasteiger partial charge in [-0.15, -0.1) is 0 Å². The number of aromatic nitrogens is 1. The zero-order valence-electron chi connectivity index (χ0n) is 9.95. The minimum absolute atomic E-state index is 0.0969. The van der Waals surface area contributed by atoms with Gasteiger partial charge in [0.05, 0.1) is 11.9 Å². The minimum atomic E-state index is 0.0969. The van der Waals surface area contributed by atoms with Gasteiger partial charge in [0.2, 0.25) is 5.91 Å². The Labute approximate surface area is 95.7 Å². The third-order valence-corrected chi connectivity index (χ3v) is 2.30. The van der Waals surface area contributed by atoms with Crippen molar-refractivity contribution in [2.45, 2.75) is 13.3 Å². The van der Waals surface area contributed by atoms with Crippen molar-refractivity contribution >= 4 is 17.4 Å². The predicted molar refractivity (Wildman–Crippen MR) is 65.2 cm³/mol. The SMILES string of the molecule is Cc1cc(NCCC(=O)N(C)C)ncc1N. The number of amides is 1. The van der Waals surface area contributed by atoms with Gasteiger partial charge in [-0.3, -0.25) is 4.79 Å². The Morgan fingerprint density at radius 1 is 1.56 bits per heavy atom. The van der Waals surface area contributed by atoms with Gasteiger partial charge in [0, 0.05) is 27.1 Å². The Bertz CT molecular complexity index is 376. The molecule has 0 radical (unpaired) electrons. The van der Waals surface area contributed by atoms with Crippen LogP contribution in [-0.4, -0.2) is 36.4 Å². The molecule has 0 saturated heterocycles. The van der Waals surface area contributed by atoms with E-state index in [2.05, 4.69) is 10.3 Å². The Morgan fingerprint density at radius 2 is 2.25 bits per heavy atom. The maximum atomic E-state index is 11.3. The smallest absolute Gasteiger partial charge is 0.223 e. The molecule has 1 heterocycles. The van der Waals surface area contributed by atoms with E-state index in [0.717, 1.165) is 11.4 Å². The lowest BCUT2D eigenvalue weighted by Gasteiger charge is -2.11. The first-order valence-electron chi connectivity index (χ1n) is 5.17. The van der Waals surface area contributed by atoms with Crippen molar-refractivity contribution < 1.29 is 4.79 Å². The van der Waals surface area contributed by atoms with Gasteiger partial charge in [-0.2, -0.15) is 0 Å². The molecule has 0 fully saturated rings. The van der Waals surface area contributed by atoms with Crippen LogP contribution in [0.1, 0.15) is 12.0 Å². The average molecular weight is 222 g/mol. The fourth-order valence-corrected chi connectivity index (χ4v) is 1.18. The van der Waals surface area contributed by atoms with Gasteiger partial charge in [-0.05, 0) is 18.6 Å². The number of hydrogen-bond acceptors (Lipinski definition) is 4. The fraction of sp³-hybridized carbons (Fsp3) is 0.455. The lowest BCUT2D eigenvalue weighted by Crippen LogP contribution is -2.24. The number of nitrogen functional groups attached to an aromatic ring is 1. The number of pyridine rings is 1. The van der Waals surface area contributed by atoms with Gasteiger partial charge in [-0.1, -0.05) is 0 Å². The molecule has 1 amide bonds. The maximum absolute atomic E-state index is 11.3. The number of anilines is 2. The molecule has 0 aliphatic heterocycles. The fourth-order valence-electron chi connectivity index (χ4n) is 1.18. The number of aryl methyl sites for hydroxylation is 1. The molecule has 16 heavy (non-hydrogen) atoms. The van der Waals surface area contributed by atoms with Gasteiger partial charge < -0.3 is 16.0 Å². The average Bonchev–Trinajstić information content (AvgIpc) is 2.23. The first-order chi connectivity index (χ1) is 7.50. The minimum Gasteiger partial charge on any atom is -0.397 e. The van der Waals surface area contributed by atoms with E-state index in [-0.39, 0.29) is 5.91 Å². The highest BCUT2D eigenvalue weighted by Crippen LogP contribution is 2.12. The van der Waals surface area contributed by atoms with Gasteiger partial charge in [0.15, 0.2) is 0 Å². The Balaban J connectivity index is 2.43. The number of nitrogens with one attached hydrogen (secondary N) is 1. The van der Waals surface area contributed by atoms with Crippen molar-refractivity contribution in [1.82, 2.24) is 9.88 Å². The van der Waals surface area contributed by atoms with Crippen LogP contribution in [0.4, 0.5) is 11.5 Å². The van der Waals surface area contributed by atoms with Crippen LogP contribution in [0.15, 0.2) is 12.3 Å². The predicted octanol–water partition coefficient (Wildman–Crippen LogP) is 0.862. The van der Waals surface area contributed by atoms with Crippen LogP contribution in [-0.2, 0) is 4.79 Å². The molecule has 0 aliphatic rings. The summed E-state index contributed by atoms with van der Waals surface area (Å²) in [5.41, 5.74) is 7.31. The number of rotatable bonds is 4. The second-order valence-corrected chi connectivity index (χ2v) is 3.89.